The largest absolute Gasteiger partial charge is 0.417 e. The highest BCUT2D eigenvalue weighted by Gasteiger charge is 2.08. The van der Waals surface area contributed by atoms with E-state index in [4.69, 9.17) is 4.42 Å². The quantitative estimate of drug-likeness (QED) is 0.569. The van der Waals surface area contributed by atoms with Crippen molar-refractivity contribution < 1.29 is 8.81 Å². The summed E-state index contributed by atoms with van der Waals surface area (Å²) in [5.41, 5.74) is 4.01. The number of benzene rings is 2. The molecule has 0 aliphatic carbocycles. The third kappa shape index (κ3) is 3.21. The Bertz CT molecular complexity index is 1100. The molecule has 0 saturated carbocycles. The van der Waals surface area contributed by atoms with Gasteiger partial charge in [0, 0.05) is 17.8 Å². The first-order valence-electron chi connectivity index (χ1n) is 8.20. The second kappa shape index (κ2) is 6.48. The van der Waals surface area contributed by atoms with Gasteiger partial charge in [-0.1, -0.05) is 18.2 Å². The number of H-pyrrole nitrogens is 1. The Labute approximate surface area is 148 Å². The molecule has 130 valence electrons. The fraction of sp³-hybridized carbons (Fsp3) is 0.100. The van der Waals surface area contributed by atoms with E-state index in [-0.39, 0.29) is 11.9 Å². The van der Waals surface area contributed by atoms with Gasteiger partial charge in [-0.3, -0.25) is 4.98 Å². The Morgan fingerprint density at radius 2 is 1.85 bits per heavy atom. The average molecular weight is 349 g/mol. The zero-order valence-electron chi connectivity index (χ0n) is 14.0. The molecule has 0 bridgehead atoms. The van der Waals surface area contributed by atoms with Crippen LogP contribution in [0, 0.1) is 5.82 Å². The maximum absolute atomic E-state index is 13.0. The zero-order valence-corrected chi connectivity index (χ0v) is 14.0. The third-order valence-corrected chi connectivity index (χ3v) is 4.25. The van der Waals surface area contributed by atoms with Gasteiger partial charge in [0.15, 0.2) is 5.58 Å². The van der Waals surface area contributed by atoms with Gasteiger partial charge >= 0.3 is 5.76 Å². The summed E-state index contributed by atoms with van der Waals surface area (Å²) in [6, 6.07) is 15.7. The standard InChI is InChI=1S/C20H16FN3O2/c1-12(13-2-6-16(21)7-3-13)23-19-9-5-15(11-22-19)14-4-8-18-17(10-14)24-20(25)26-18/h2-12H,1H3,(H,22,23)(H,24,25). The number of nitrogens with one attached hydrogen (secondary N) is 2. The van der Waals surface area contributed by atoms with Crippen LogP contribution in [-0.2, 0) is 0 Å². The van der Waals surface area contributed by atoms with Crippen LogP contribution in [-0.4, -0.2) is 9.97 Å². The Kier molecular flexibility index (Phi) is 4.01. The summed E-state index contributed by atoms with van der Waals surface area (Å²) >= 11 is 0. The van der Waals surface area contributed by atoms with E-state index in [1.54, 1.807) is 24.4 Å². The van der Waals surface area contributed by atoms with Crippen molar-refractivity contribution in [1.82, 2.24) is 9.97 Å². The van der Waals surface area contributed by atoms with E-state index >= 15 is 0 Å². The van der Waals surface area contributed by atoms with E-state index < -0.39 is 5.76 Å². The summed E-state index contributed by atoms with van der Waals surface area (Å²) in [5.74, 6) is 0.00680. The number of nitrogens with zero attached hydrogens (tertiary/aromatic N) is 1. The molecule has 26 heavy (non-hydrogen) atoms. The molecule has 0 aliphatic rings. The van der Waals surface area contributed by atoms with E-state index in [1.807, 2.05) is 31.2 Å². The van der Waals surface area contributed by atoms with Crippen LogP contribution in [0.25, 0.3) is 22.2 Å². The predicted molar refractivity (Wildman–Crippen MR) is 98.5 cm³/mol. The van der Waals surface area contributed by atoms with Gasteiger partial charge in [0.05, 0.1) is 5.52 Å². The van der Waals surface area contributed by atoms with Crippen molar-refractivity contribution in [3.63, 3.8) is 0 Å². The first kappa shape index (κ1) is 16.1. The summed E-state index contributed by atoms with van der Waals surface area (Å²) in [6.45, 7) is 1.99. The highest BCUT2D eigenvalue weighted by Crippen LogP contribution is 2.24. The lowest BCUT2D eigenvalue weighted by Gasteiger charge is -2.15. The van der Waals surface area contributed by atoms with Crippen LogP contribution in [0.3, 0.4) is 0 Å². The lowest BCUT2D eigenvalue weighted by atomic mass is 10.1. The number of anilines is 1. The molecule has 6 heteroatoms. The van der Waals surface area contributed by atoms with Crippen molar-refractivity contribution in [2.75, 3.05) is 5.32 Å². The smallest absolute Gasteiger partial charge is 0.408 e. The van der Waals surface area contributed by atoms with Gasteiger partial charge in [0.25, 0.3) is 0 Å². The topological polar surface area (TPSA) is 70.9 Å². The highest BCUT2D eigenvalue weighted by molar-refractivity contribution is 5.80. The van der Waals surface area contributed by atoms with Crippen LogP contribution in [0.2, 0.25) is 0 Å². The van der Waals surface area contributed by atoms with Gasteiger partial charge < -0.3 is 9.73 Å². The normalized spacial score (nSPS) is 12.2. The second-order valence-corrected chi connectivity index (χ2v) is 6.08. The second-order valence-electron chi connectivity index (χ2n) is 6.08. The molecular weight excluding hydrogens is 333 g/mol. The number of rotatable bonds is 4. The number of halogens is 1. The van der Waals surface area contributed by atoms with Gasteiger partial charge in [-0.15, -0.1) is 0 Å². The molecule has 4 aromatic rings. The predicted octanol–water partition coefficient (Wildman–Crippen LogP) is 4.50. The number of oxazole rings is 1. The minimum Gasteiger partial charge on any atom is -0.408 e. The maximum atomic E-state index is 13.0. The van der Waals surface area contributed by atoms with Crippen LogP contribution in [0.5, 0.6) is 0 Å². The zero-order chi connectivity index (χ0) is 18.1. The number of hydrogen-bond acceptors (Lipinski definition) is 4. The van der Waals surface area contributed by atoms with E-state index in [0.29, 0.717) is 11.1 Å². The van der Waals surface area contributed by atoms with Crippen LogP contribution in [0.1, 0.15) is 18.5 Å². The van der Waals surface area contributed by atoms with Crippen molar-refractivity contribution >= 4 is 16.9 Å². The molecule has 0 aliphatic heterocycles. The van der Waals surface area contributed by atoms with Gasteiger partial charge in [0.1, 0.15) is 11.6 Å². The van der Waals surface area contributed by atoms with E-state index in [9.17, 15) is 9.18 Å². The molecule has 0 saturated heterocycles. The monoisotopic (exact) mass is 349 g/mol. The van der Waals surface area contributed by atoms with Crippen molar-refractivity contribution in [2.24, 2.45) is 0 Å². The molecule has 4 rings (SSSR count). The number of aromatic amines is 1. The lowest BCUT2D eigenvalue weighted by Crippen LogP contribution is -2.07. The van der Waals surface area contributed by atoms with Crippen molar-refractivity contribution in [2.45, 2.75) is 13.0 Å². The molecular formula is C20H16FN3O2. The van der Waals surface area contributed by atoms with E-state index in [0.717, 1.165) is 22.5 Å². The van der Waals surface area contributed by atoms with Crippen molar-refractivity contribution in [3.8, 4) is 11.1 Å². The Morgan fingerprint density at radius 1 is 1.08 bits per heavy atom. The maximum Gasteiger partial charge on any atom is 0.417 e. The first-order valence-corrected chi connectivity index (χ1v) is 8.20. The molecule has 2 N–H and O–H groups in total. The molecule has 2 heterocycles. The SMILES string of the molecule is CC(Nc1ccc(-c2ccc3oc(=O)[nH]c3c2)cn1)c1ccc(F)cc1. The molecule has 1 atom stereocenters. The van der Waals surface area contributed by atoms with Crippen molar-refractivity contribution in [1.29, 1.82) is 0 Å². The van der Waals surface area contributed by atoms with Crippen LogP contribution < -0.4 is 11.1 Å². The Morgan fingerprint density at radius 3 is 2.58 bits per heavy atom. The number of fused-ring (bicyclic) bond motifs is 1. The summed E-state index contributed by atoms with van der Waals surface area (Å²) in [6.07, 6.45) is 1.76. The van der Waals surface area contributed by atoms with Gasteiger partial charge in [0.2, 0.25) is 0 Å². The Hall–Kier alpha value is -3.41. The summed E-state index contributed by atoms with van der Waals surface area (Å²) in [4.78, 5) is 18.3. The van der Waals surface area contributed by atoms with Gasteiger partial charge in [-0.2, -0.15) is 0 Å². The number of aromatic nitrogens is 2. The molecule has 2 aromatic carbocycles. The number of pyridine rings is 1. The molecule has 0 fully saturated rings. The van der Waals surface area contributed by atoms with Crippen LogP contribution in [0.4, 0.5) is 10.2 Å². The molecule has 2 aromatic heterocycles. The van der Waals surface area contributed by atoms with Gasteiger partial charge in [-0.05, 0) is 54.4 Å². The van der Waals surface area contributed by atoms with E-state index in [1.165, 1.54) is 12.1 Å². The van der Waals surface area contributed by atoms with Crippen LogP contribution in [0.15, 0.2) is 70.0 Å². The van der Waals surface area contributed by atoms with Crippen molar-refractivity contribution in [3.05, 3.63) is 82.7 Å². The minimum absolute atomic E-state index is 0.00121. The Balaban J connectivity index is 1.53. The van der Waals surface area contributed by atoms with Crippen LogP contribution >= 0.6 is 0 Å². The lowest BCUT2D eigenvalue weighted by molar-refractivity contribution is 0.555. The fourth-order valence-electron chi connectivity index (χ4n) is 2.84. The molecule has 0 radical (unpaired) electrons. The summed E-state index contributed by atoms with van der Waals surface area (Å²) in [5, 5.41) is 3.29. The molecule has 0 amide bonds. The molecule has 1 unspecified atom stereocenters. The van der Waals surface area contributed by atoms with E-state index in [2.05, 4.69) is 15.3 Å². The first-order chi connectivity index (χ1) is 12.6. The minimum atomic E-state index is -0.468. The average Bonchev–Trinajstić information content (AvgIpc) is 3.02. The fourth-order valence-corrected chi connectivity index (χ4v) is 2.84. The summed E-state index contributed by atoms with van der Waals surface area (Å²) < 4.78 is 18.0. The molecule has 0 spiro atoms. The number of hydrogen-bond donors (Lipinski definition) is 2. The van der Waals surface area contributed by atoms with Gasteiger partial charge in [-0.25, -0.2) is 14.2 Å². The third-order valence-electron chi connectivity index (χ3n) is 4.25. The molecule has 5 nitrogen and oxygen atoms in total. The summed E-state index contributed by atoms with van der Waals surface area (Å²) in [7, 11) is 0. The highest BCUT2D eigenvalue weighted by atomic mass is 19.1.